The van der Waals surface area contributed by atoms with Gasteiger partial charge in [-0.1, -0.05) is 0 Å². The largest absolute Gasteiger partial charge is 0.494 e. The van der Waals surface area contributed by atoms with Gasteiger partial charge < -0.3 is 15.0 Å². The number of nitrogens with one attached hydrogen (secondary N) is 1. The van der Waals surface area contributed by atoms with Crippen LogP contribution in [0.5, 0.6) is 5.75 Å². The zero-order valence-electron chi connectivity index (χ0n) is 16.9. The lowest BCUT2D eigenvalue weighted by molar-refractivity contribution is 0.0698. The third-order valence-electron chi connectivity index (χ3n) is 5.75. The number of ether oxygens (including phenoxy) is 1. The summed E-state index contributed by atoms with van der Waals surface area (Å²) in [5, 5.41) is 3.18. The highest BCUT2D eigenvalue weighted by atomic mass is 32.1. The van der Waals surface area contributed by atoms with E-state index in [1.165, 1.54) is 23.3 Å². The number of piperidine rings is 1. The lowest BCUT2D eigenvalue weighted by Gasteiger charge is -2.32. The van der Waals surface area contributed by atoms with Crippen molar-refractivity contribution in [3.8, 4) is 5.75 Å². The zero-order chi connectivity index (χ0) is 20.2. The van der Waals surface area contributed by atoms with Crippen molar-refractivity contribution in [3.63, 3.8) is 0 Å². The third kappa shape index (κ3) is 4.64. The fourth-order valence-corrected chi connectivity index (χ4v) is 5.29. The molecule has 5 nitrogen and oxygen atoms in total. The second-order valence-electron chi connectivity index (χ2n) is 7.76. The lowest BCUT2D eigenvalue weighted by atomic mass is 9.99. The molecular weight excluding hydrogens is 384 g/mol. The molecule has 0 atom stereocenters. The van der Waals surface area contributed by atoms with E-state index in [0.29, 0.717) is 25.3 Å². The third-order valence-corrected chi connectivity index (χ3v) is 6.99. The number of thiophene rings is 1. The van der Waals surface area contributed by atoms with Gasteiger partial charge in [0.25, 0.3) is 11.8 Å². The number of benzene rings is 1. The molecular formula is C23H28N2O3S. The SMILES string of the molecule is CCOc1ccc(C(=O)N2CCC(NC(=O)c3cc4c(s3)CCCC4)CC2)cc1. The first-order valence-corrected chi connectivity index (χ1v) is 11.4. The zero-order valence-corrected chi connectivity index (χ0v) is 17.7. The van der Waals surface area contributed by atoms with Crippen molar-refractivity contribution in [1.82, 2.24) is 10.2 Å². The van der Waals surface area contributed by atoms with Crippen LogP contribution in [0, 0.1) is 0 Å². The van der Waals surface area contributed by atoms with Gasteiger partial charge in [-0.3, -0.25) is 9.59 Å². The van der Waals surface area contributed by atoms with Gasteiger partial charge >= 0.3 is 0 Å². The molecule has 2 aliphatic rings. The van der Waals surface area contributed by atoms with Crippen molar-refractivity contribution in [1.29, 1.82) is 0 Å². The minimum Gasteiger partial charge on any atom is -0.494 e. The first-order valence-electron chi connectivity index (χ1n) is 10.6. The van der Waals surface area contributed by atoms with E-state index in [9.17, 15) is 9.59 Å². The van der Waals surface area contributed by atoms with E-state index in [4.69, 9.17) is 4.74 Å². The van der Waals surface area contributed by atoms with Crippen molar-refractivity contribution in [2.45, 2.75) is 51.5 Å². The van der Waals surface area contributed by atoms with Gasteiger partial charge in [0.15, 0.2) is 0 Å². The van der Waals surface area contributed by atoms with Crippen LogP contribution in [-0.4, -0.2) is 42.5 Å². The summed E-state index contributed by atoms with van der Waals surface area (Å²) in [6, 6.07) is 9.53. The molecule has 1 aromatic carbocycles. The van der Waals surface area contributed by atoms with Crippen LogP contribution in [0.3, 0.4) is 0 Å². The highest BCUT2D eigenvalue weighted by molar-refractivity contribution is 7.14. The topological polar surface area (TPSA) is 58.6 Å². The molecule has 1 saturated heterocycles. The van der Waals surface area contributed by atoms with Crippen LogP contribution in [-0.2, 0) is 12.8 Å². The first kappa shape index (κ1) is 20.0. The second-order valence-corrected chi connectivity index (χ2v) is 8.90. The minimum absolute atomic E-state index is 0.0423. The van der Waals surface area contributed by atoms with Crippen LogP contribution in [0.15, 0.2) is 30.3 Å². The van der Waals surface area contributed by atoms with E-state index in [-0.39, 0.29) is 17.9 Å². The molecule has 1 aromatic heterocycles. The molecule has 0 bridgehead atoms. The van der Waals surface area contributed by atoms with Crippen LogP contribution >= 0.6 is 11.3 Å². The number of rotatable bonds is 5. The van der Waals surface area contributed by atoms with E-state index < -0.39 is 0 Å². The summed E-state index contributed by atoms with van der Waals surface area (Å²) in [5.41, 5.74) is 2.04. The quantitative estimate of drug-likeness (QED) is 0.806. The molecule has 154 valence electrons. The Morgan fingerprint density at radius 1 is 1.14 bits per heavy atom. The molecule has 2 aromatic rings. The number of nitrogens with zero attached hydrogens (tertiary/aromatic N) is 1. The number of fused-ring (bicyclic) bond motifs is 1. The number of likely N-dealkylation sites (tertiary alicyclic amines) is 1. The highest BCUT2D eigenvalue weighted by Gasteiger charge is 2.26. The number of hydrogen-bond acceptors (Lipinski definition) is 4. The molecule has 0 radical (unpaired) electrons. The summed E-state index contributed by atoms with van der Waals surface area (Å²) in [4.78, 5) is 29.5. The summed E-state index contributed by atoms with van der Waals surface area (Å²) in [7, 11) is 0. The molecule has 1 N–H and O–H groups in total. The standard InChI is InChI=1S/C23H28N2O3S/c1-2-28-19-9-7-16(8-10-19)23(27)25-13-11-18(12-14-25)24-22(26)21-15-17-5-3-4-6-20(17)29-21/h7-10,15,18H,2-6,11-14H2,1H3,(H,24,26). The molecule has 2 amide bonds. The number of hydrogen-bond donors (Lipinski definition) is 1. The Labute approximate surface area is 176 Å². The smallest absolute Gasteiger partial charge is 0.261 e. The molecule has 1 fully saturated rings. The van der Waals surface area contributed by atoms with Crippen molar-refractivity contribution in [3.05, 3.63) is 51.2 Å². The van der Waals surface area contributed by atoms with Crippen LogP contribution < -0.4 is 10.1 Å². The van der Waals surface area contributed by atoms with Crippen molar-refractivity contribution in [2.24, 2.45) is 0 Å². The Morgan fingerprint density at radius 3 is 2.55 bits per heavy atom. The summed E-state index contributed by atoms with van der Waals surface area (Å²) in [6.45, 7) is 3.88. The molecule has 4 rings (SSSR count). The molecule has 2 heterocycles. The maximum absolute atomic E-state index is 12.7. The van der Waals surface area contributed by atoms with Gasteiger partial charge in [0.05, 0.1) is 11.5 Å². The number of aryl methyl sites for hydroxylation is 2. The number of carbonyl (C=O) groups is 2. The van der Waals surface area contributed by atoms with Gasteiger partial charge in [0.2, 0.25) is 0 Å². The van der Waals surface area contributed by atoms with Gasteiger partial charge in [0.1, 0.15) is 5.75 Å². The van der Waals surface area contributed by atoms with Crippen molar-refractivity contribution >= 4 is 23.2 Å². The predicted molar refractivity (Wildman–Crippen MR) is 115 cm³/mol. The van der Waals surface area contributed by atoms with Crippen LogP contribution in [0.25, 0.3) is 0 Å². The Morgan fingerprint density at radius 2 is 1.86 bits per heavy atom. The minimum atomic E-state index is 0.0423. The average Bonchev–Trinajstić information content (AvgIpc) is 3.19. The molecule has 0 saturated carbocycles. The first-order chi connectivity index (χ1) is 14.1. The summed E-state index contributed by atoms with van der Waals surface area (Å²) >= 11 is 1.65. The van der Waals surface area contributed by atoms with Gasteiger partial charge in [0, 0.05) is 29.6 Å². The van der Waals surface area contributed by atoms with Crippen molar-refractivity contribution in [2.75, 3.05) is 19.7 Å². The van der Waals surface area contributed by atoms with E-state index in [0.717, 1.165) is 36.3 Å². The Bertz CT molecular complexity index is 843. The van der Waals surface area contributed by atoms with E-state index in [1.807, 2.05) is 36.1 Å². The fraction of sp³-hybridized carbons (Fsp3) is 0.478. The highest BCUT2D eigenvalue weighted by Crippen LogP contribution is 2.29. The lowest BCUT2D eigenvalue weighted by Crippen LogP contribution is -2.46. The molecule has 0 unspecified atom stereocenters. The normalized spacial score (nSPS) is 16.9. The monoisotopic (exact) mass is 412 g/mol. The summed E-state index contributed by atoms with van der Waals surface area (Å²) in [6.07, 6.45) is 6.25. The molecule has 1 aliphatic heterocycles. The van der Waals surface area contributed by atoms with Gasteiger partial charge in [-0.15, -0.1) is 11.3 Å². The summed E-state index contributed by atoms with van der Waals surface area (Å²) in [5.74, 6) is 0.866. The van der Waals surface area contributed by atoms with Crippen LogP contribution in [0.4, 0.5) is 0 Å². The fourth-order valence-electron chi connectivity index (χ4n) is 4.13. The molecule has 6 heteroatoms. The van der Waals surface area contributed by atoms with Gasteiger partial charge in [-0.2, -0.15) is 0 Å². The second kappa shape index (κ2) is 8.99. The van der Waals surface area contributed by atoms with E-state index in [1.54, 1.807) is 11.3 Å². The molecule has 29 heavy (non-hydrogen) atoms. The van der Waals surface area contributed by atoms with Crippen LogP contribution in [0.2, 0.25) is 0 Å². The van der Waals surface area contributed by atoms with Gasteiger partial charge in [-0.05, 0) is 81.3 Å². The van der Waals surface area contributed by atoms with E-state index in [2.05, 4.69) is 11.4 Å². The average molecular weight is 413 g/mol. The van der Waals surface area contributed by atoms with Crippen molar-refractivity contribution < 1.29 is 14.3 Å². The number of carbonyl (C=O) groups excluding carboxylic acids is 2. The molecule has 1 aliphatic carbocycles. The van der Waals surface area contributed by atoms with E-state index >= 15 is 0 Å². The Hall–Kier alpha value is -2.34. The predicted octanol–water partition coefficient (Wildman–Crippen LogP) is 4.06. The number of amides is 2. The molecule has 0 spiro atoms. The Kier molecular flexibility index (Phi) is 6.19. The summed E-state index contributed by atoms with van der Waals surface area (Å²) < 4.78 is 5.44. The van der Waals surface area contributed by atoms with Gasteiger partial charge in [-0.25, -0.2) is 0 Å². The van der Waals surface area contributed by atoms with Crippen LogP contribution in [0.1, 0.15) is 63.1 Å². The maximum Gasteiger partial charge on any atom is 0.261 e. The maximum atomic E-state index is 12.7. The Balaban J connectivity index is 1.29.